The second kappa shape index (κ2) is 7.39. The van der Waals surface area contributed by atoms with Crippen LogP contribution >= 0.6 is 0 Å². The fourth-order valence-corrected chi connectivity index (χ4v) is 3.42. The SMILES string of the molecule is Cc1nc2c(O)c(CCC(=O)c3ccccc3)c(C(=O)OC3(C(N)=O)C=C3)cn2c1C. The maximum Gasteiger partial charge on any atom is 0.341 e. The second-order valence-electron chi connectivity index (χ2n) is 7.52. The standard InChI is InChI=1S/C23H21N3O5/c1-13-14(2)26-12-17(21(29)31-23(10-11-23)22(24)30)16(19(28)20(26)25-13)8-9-18(27)15-6-4-3-5-7-15/h3-7,10-12,28H,8-9H2,1-2H3,(H2,24,30). The maximum atomic E-state index is 13.0. The molecule has 0 bridgehead atoms. The lowest BCUT2D eigenvalue weighted by Gasteiger charge is -2.17. The van der Waals surface area contributed by atoms with Gasteiger partial charge in [-0.05, 0) is 32.4 Å². The molecule has 1 aromatic carbocycles. The third-order valence-electron chi connectivity index (χ3n) is 5.50. The highest BCUT2D eigenvalue weighted by atomic mass is 16.6. The molecule has 2 heterocycles. The number of aromatic hydroxyl groups is 1. The summed E-state index contributed by atoms with van der Waals surface area (Å²) in [5.74, 6) is -1.97. The average molecular weight is 419 g/mol. The van der Waals surface area contributed by atoms with E-state index in [2.05, 4.69) is 4.98 Å². The van der Waals surface area contributed by atoms with E-state index in [1.54, 1.807) is 42.5 Å². The number of imidazole rings is 1. The minimum atomic E-state index is -1.54. The fourth-order valence-electron chi connectivity index (χ4n) is 3.42. The van der Waals surface area contributed by atoms with Gasteiger partial charge in [-0.1, -0.05) is 30.3 Å². The first-order valence-electron chi connectivity index (χ1n) is 9.75. The van der Waals surface area contributed by atoms with Crippen LogP contribution in [0.3, 0.4) is 0 Å². The van der Waals surface area contributed by atoms with Gasteiger partial charge in [-0.15, -0.1) is 0 Å². The van der Waals surface area contributed by atoms with Crippen molar-refractivity contribution in [1.82, 2.24) is 9.38 Å². The highest BCUT2D eigenvalue weighted by molar-refractivity contribution is 6.00. The van der Waals surface area contributed by atoms with E-state index >= 15 is 0 Å². The molecule has 0 atom stereocenters. The number of ketones is 1. The Morgan fingerprint density at radius 3 is 2.45 bits per heavy atom. The van der Waals surface area contributed by atoms with E-state index in [1.165, 1.54) is 18.3 Å². The Hall–Kier alpha value is -3.94. The first-order valence-corrected chi connectivity index (χ1v) is 9.75. The van der Waals surface area contributed by atoms with Crippen LogP contribution in [0.2, 0.25) is 0 Å². The van der Waals surface area contributed by atoms with Gasteiger partial charge in [-0.2, -0.15) is 0 Å². The van der Waals surface area contributed by atoms with Gasteiger partial charge in [0.25, 0.3) is 5.91 Å². The number of amides is 1. The molecule has 1 aliphatic carbocycles. The number of carbonyl (C=O) groups is 3. The summed E-state index contributed by atoms with van der Waals surface area (Å²) in [4.78, 5) is 41.5. The topological polar surface area (TPSA) is 124 Å². The van der Waals surface area contributed by atoms with Crippen molar-refractivity contribution in [2.45, 2.75) is 32.3 Å². The van der Waals surface area contributed by atoms with Crippen molar-refractivity contribution in [3.63, 3.8) is 0 Å². The summed E-state index contributed by atoms with van der Waals surface area (Å²) < 4.78 is 6.91. The smallest absolute Gasteiger partial charge is 0.341 e. The van der Waals surface area contributed by atoms with Crippen molar-refractivity contribution in [3.8, 4) is 5.75 Å². The van der Waals surface area contributed by atoms with E-state index < -0.39 is 17.5 Å². The van der Waals surface area contributed by atoms with Crippen LogP contribution in [-0.2, 0) is 16.0 Å². The molecule has 4 rings (SSSR count). The molecular formula is C23H21N3O5. The molecule has 158 valence electrons. The summed E-state index contributed by atoms with van der Waals surface area (Å²) in [6.07, 6.45) is 4.42. The Balaban J connectivity index is 1.72. The first-order chi connectivity index (χ1) is 14.7. The number of primary amides is 1. The molecule has 0 saturated carbocycles. The van der Waals surface area contributed by atoms with Crippen LogP contribution < -0.4 is 5.73 Å². The summed E-state index contributed by atoms with van der Waals surface area (Å²) in [6.45, 7) is 3.59. The molecule has 0 saturated heterocycles. The largest absolute Gasteiger partial charge is 0.504 e. The highest BCUT2D eigenvalue weighted by Gasteiger charge is 2.45. The van der Waals surface area contributed by atoms with Crippen molar-refractivity contribution in [2.24, 2.45) is 5.73 Å². The summed E-state index contributed by atoms with van der Waals surface area (Å²) in [5.41, 5.74) is 6.29. The highest BCUT2D eigenvalue weighted by Crippen LogP contribution is 2.34. The minimum absolute atomic E-state index is 0.0423. The molecule has 0 aliphatic heterocycles. The molecule has 0 spiro atoms. The molecule has 8 nitrogen and oxygen atoms in total. The molecule has 0 radical (unpaired) electrons. The van der Waals surface area contributed by atoms with Crippen LogP contribution in [0.15, 0.2) is 48.7 Å². The molecule has 2 aromatic heterocycles. The number of nitrogens with two attached hydrogens (primary N) is 1. The quantitative estimate of drug-likeness (QED) is 0.344. The van der Waals surface area contributed by atoms with Crippen molar-refractivity contribution in [2.75, 3.05) is 0 Å². The molecule has 0 unspecified atom stereocenters. The Morgan fingerprint density at radius 1 is 1.16 bits per heavy atom. The number of aromatic nitrogens is 2. The summed E-state index contributed by atoms with van der Waals surface area (Å²) in [7, 11) is 0. The third kappa shape index (κ3) is 3.56. The van der Waals surface area contributed by atoms with Gasteiger partial charge in [0, 0.05) is 29.4 Å². The molecule has 1 amide bonds. The molecular weight excluding hydrogens is 398 g/mol. The lowest BCUT2D eigenvalue weighted by atomic mass is 9.99. The number of pyridine rings is 1. The summed E-state index contributed by atoms with van der Waals surface area (Å²) >= 11 is 0. The van der Waals surface area contributed by atoms with E-state index in [1.807, 2.05) is 6.07 Å². The number of rotatable bonds is 7. The van der Waals surface area contributed by atoms with E-state index in [0.717, 1.165) is 5.69 Å². The van der Waals surface area contributed by atoms with Gasteiger partial charge >= 0.3 is 5.97 Å². The minimum Gasteiger partial charge on any atom is -0.504 e. The van der Waals surface area contributed by atoms with Gasteiger partial charge in [0.2, 0.25) is 5.60 Å². The zero-order chi connectivity index (χ0) is 22.3. The summed E-state index contributed by atoms with van der Waals surface area (Å²) in [5, 5.41) is 10.9. The summed E-state index contributed by atoms with van der Waals surface area (Å²) in [6, 6.07) is 8.76. The third-order valence-corrected chi connectivity index (χ3v) is 5.50. The Labute approximate surface area is 178 Å². The molecule has 3 aromatic rings. The van der Waals surface area contributed by atoms with Gasteiger partial charge in [-0.3, -0.25) is 9.59 Å². The van der Waals surface area contributed by atoms with Crippen LogP contribution in [0.4, 0.5) is 0 Å². The lowest BCUT2D eigenvalue weighted by Crippen LogP contribution is -2.37. The van der Waals surface area contributed by atoms with Crippen LogP contribution in [-0.4, -0.2) is 37.8 Å². The molecule has 31 heavy (non-hydrogen) atoms. The molecule has 1 aliphatic rings. The van der Waals surface area contributed by atoms with Crippen LogP contribution in [0.5, 0.6) is 5.75 Å². The predicted octanol–water partition coefficient (Wildman–Crippen LogP) is 2.42. The predicted molar refractivity (Wildman–Crippen MR) is 112 cm³/mol. The Bertz CT molecular complexity index is 1250. The van der Waals surface area contributed by atoms with Crippen molar-refractivity contribution in [3.05, 3.63) is 76.8 Å². The van der Waals surface area contributed by atoms with Crippen LogP contribution in [0, 0.1) is 13.8 Å². The first kappa shape index (κ1) is 20.3. The molecule has 8 heteroatoms. The second-order valence-corrected chi connectivity index (χ2v) is 7.52. The average Bonchev–Trinajstić information content (AvgIpc) is 3.48. The van der Waals surface area contributed by atoms with Crippen molar-refractivity contribution < 1.29 is 24.2 Å². The zero-order valence-electron chi connectivity index (χ0n) is 17.1. The normalized spacial score (nSPS) is 13.9. The molecule has 0 fully saturated rings. The van der Waals surface area contributed by atoms with Gasteiger partial charge < -0.3 is 20.0 Å². The van der Waals surface area contributed by atoms with Gasteiger partial charge in [0.05, 0.1) is 11.3 Å². The number of carbonyl (C=O) groups excluding carboxylic acids is 3. The Morgan fingerprint density at radius 2 is 1.84 bits per heavy atom. The number of nitrogens with zero attached hydrogens (tertiary/aromatic N) is 2. The van der Waals surface area contributed by atoms with E-state index in [4.69, 9.17) is 10.5 Å². The zero-order valence-corrected chi connectivity index (χ0v) is 17.1. The number of benzene rings is 1. The number of aryl methyl sites for hydroxylation is 2. The van der Waals surface area contributed by atoms with E-state index in [0.29, 0.717) is 11.3 Å². The van der Waals surface area contributed by atoms with Crippen LogP contribution in [0.25, 0.3) is 5.65 Å². The van der Waals surface area contributed by atoms with Gasteiger partial charge in [0.15, 0.2) is 17.2 Å². The van der Waals surface area contributed by atoms with Crippen molar-refractivity contribution in [1.29, 1.82) is 0 Å². The number of fused-ring (bicyclic) bond motifs is 1. The van der Waals surface area contributed by atoms with E-state index in [-0.39, 0.29) is 41.1 Å². The number of ether oxygens (including phenoxy) is 1. The molecule has 3 N–H and O–H groups in total. The van der Waals surface area contributed by atoms with Gasteiger partial charge in [0.1, 0.15) is 0 Å². The fraction of sp³-hybridized carbons (Fsp3) is 0.217. The Kier molecular flexibility index (Phi) is 4.85. The van der Waals surface area contributed by atoms with Crippen molar-refractivity contribution >= 4 is 23.3 Å². The van der Waals surface area contributed by atoms with E-state index in [9.17, 15) is 19.5 Å². The number of hydrogen-bond donors (Lipinski definition) is 2. The number of hydrogen-bond acceptors (Lipinski definition) is 6. The lowest BCUT2D eigenvalue weighted by molar-refractivity contribution is -0.127. The monoisotopic (exact) mass is 419 g/mol. The maximum absolute atomic E-state index is 13.0. The van der Waals surface area contributed by atoms with Gasteiger partial charge in [-0.25, -0.2) is 9.78 Å². The van der Waals surface area contributed by atoms with Crippen LogP contribution in [0.1, 0.15) is 44.1 Å². The number of Topliss-reactive ketones (excluding diaryl/α,β-unsaturated/α-hetero) is 1. The number of esters is 1.